The highest BCUT2D eigenvalue weighted by atomic mass is 35.5. The van der Waals surface area contributed by atoms with Gasteiger partial charge in [-0.1, -0.05) is 11.6 Å². The van der Waals surface area contributed by atoms with Crippen LogP contribution in [-0.4, -0.2) is 19.5 Å². The van der Waals surface area contributed by atoms with E-state index in [9.17, 15) is 0 Å². The fraction of sp³-hybridized carbons (Fsp3) is 0. The zero-order valence-electron chi connectivity index (χ0n) is 7.42. The molecule has 0 saturated heterocycles. The molecule has 2 aromatic heterocycles. The van der Waals surface area contributed by atoms with E-state index in [1.165, 1.54) is 17.1 Å². The van der Waals surface area contributed by atoms with Crippen molar-refractivity contribution < 1.29 is 0 Å². The first-order valence-electron chi connectivity index (χ1n) is 3.94. The van der Waals surface area contributed by atoms with Gasteiger partial charge in [0.05, 0.1) is 0 Å². The van der Waals surface area contributed by atoms with Crippen LogP contribution in [0.5, 0.6) is 0 Å². The van der Waals surface area contributed by atoms with E-state index in [1.54, 1.807) is 6.20 Å². The molecule has 0 atom stereocenters. The van der Waals surface area contributed by atoms with Crippen molar-refractivity contribution >= 4 is 17.3 Å². The maximum Gasteiger partial charge on any atom is 0.218 e. The van der Waals surface area contributed by atoms with Gasteiger partial charge in [-0.25, -0.2) is 15.0 Å². The molecule has 0 aromatic carbocycles. The predicted molar refractivity (Wildman–Crippen MR) is 53.3 cm³/mol. The minimum absolute atomic E-state index is 0.151. The Kier molecular flexibility index (Phi) is 2.23. The number of hydrogen-bond donors (Lipinski definition) is 1. The molecule has 0 aliphatic carbocycles. The molecule has 2 rings (SSSR count). The normalized spacial score (nSPS) is 9.87. The molecule has 0 spiro atoms. The fourth-order valence-corrected chi connectivity index (χ4v) is 1.24. The van der Waals surface area contributed by atoms with E-state index in [1.807, 2.05) is 6.07 Å². The highest BCUT2D eigenvalue weighted by Gasteiger charge is 2.11. The van der Waals surface area contributed by atoms with Gasteiger partial charge in [-0.2, -0.15) is 5.26 Å². The number of hydrogen-bond acceptors (Lipinski definition) is 5. The van der Waals surface area contributed by atoms with E-state index < -0.39 is 0 Å². The highest BCUT2D eigenvalue weighted by Crippen LogP contribution is 2.21. The van der Waals surface area contributed by atoms with E-state index >= 15 is 0 Å². The number of nitrogens with two attached hydrogens (primary N) is 1. The molecule has 6 nitrogen and oxygen atoms in total. The monoisotopic (exact) mass is 220 g/mol. The van der Waals surface area contributed by atoms with E-state index in [-0.39, 0.29) is 16.7 Å². The molecule has 0 fully saturated rings. The maximum atomic E-state index is 8.78. The van der Waals surface area contributed by atoms with Gasteiger partial charge in [0.1, 0.15) is 18.1 Å². The van der Waals surface area contributed by atoms with E-state index in [0.29, 0.717) is 5.82 Å². The Morgan fingerprint density at radius 2 is 2.20 bits per heavy atom. The lowest BCUT2D eigenvalue weighted by Gasteiger charge is -2.05. The van der Waals surface area contributed by atoms with Crippen LogP contribution in [0.2, 0.25) is 5.15 Å². The van der Waals surface area contributed by atoms with Gasteiger partial charge in [-0.15, -0.1) is 0 Å². The van der Waals surface area contributed by atoms with Crippen LogP contribution in [0.3, 0.4) is 0 Å². The third-order valence-electron chi connectivity index (χ3n) is 1.78. The molecule has 0 aliphatic heterocycles. The Morgan fingerprint density at radius 3 is 2.93 bits per heavy atom. The Labute approximate surface area is 90.0 Å². The number of rotatable bonds is 1. The summed E-state index contributed by atoms with van der Waals surface area (Å²) in [6.07, 6.45) is 4.33. The van der Waals surface area contributed by atoms with Crippen LogP contribution in [0.4, 0.5) is 5.69 Å². The molecule has 2 N–H and O–H groups in total. The summed E-state index contributed by atoms with van der Waals surface area (Å²) in [6, 6.07) is 1.91. The summed E-state index contributed by atoms with van der Waals surface area (Å²) in [4.78, 5) is 11.5. The lowest BCUT2D eigenvalue weighted by atomic mass is 10.4. The molecule has 2 aromatic rings. The van der Waals surface area contributed by atoms with Gasteiger partial charge in [0.25, 0.3) is 0 Å². The molecule has 15 heavy (non-hydrogen) atoms. The first-order chi connectivity index (χ1) is 7.24. The average molecular weight is 221 g/mol. The van der Waals surface area contributed by atoms with Crippen LogP contribution >= 0.6 is 11.6 Å². The Bertz CT molecular complexity index is 540. The number of halogens is 1. The molecule has 0 radical (unpaired) electrons. The molecule has 0 bridgehead atoms. The van der Waals surface area contributed by atoms with Crippen molar-refractivity contribution in [2.75, 3.05) is 5.73 Å². The SMILES string of the molecule is N#Cc1nccn1-c1ncnc(Cl)c1N. The van der Waals surface area contributed by atoms with Crippen LogP contribution < -0.4 is 5.73 Å². The topological polar surface area (TPSA) is 93.4 Å². The van der Waals surface area contributed by atoms with Gasteiger partial charge in [0.2, 0.25) is 5.82 Å². The predicted octanol–water partition coefficient (Wildman–Crippen LogP) is 0.770. The number of nitrogen functional groups attached to an aromatic ring is 1. The Hall–Kier alpha value is -2.13. The van der Waals surface area contributed by atoms with Crippen LogP contribution in [0.15, 0.2) is 18.7 Å². The summed E-state index contributed by atoms with van der Waals surface area (Å²) in [7, 11) is 0. The first kappa shape index (κ1) is 9.43. The summed E-state index contributed by atoms with van der Waals surface area (Å²) in [5.74, 6) is 0.542. The van der Waals surface area contributed by atoms with Gasteiger partial charge < -0.3 is 5.73 Å². The van der Waals surface area contributed by atoms with Crippen LogP contribution in [-0.2, 0) is 0 Å². The fourth-order valence-electron chi connectivity index (χ4n) is 1.11. The third kappa shape index (κ3) is 1.49. The summed E-state index contributed by atoms with van der Waals surface area (Å²) >= 11 is 5.73. The minimum atomic E-state index is 0.151. The minimum Gasteiger partial charge on any atom is -0.393 e. The second-order valence-electron chi connectivity index (χ2n) is 2.63. The standard InChI is InChI=1S/C8H5ClN6/c9-7-6(11)8(14-4-13-7)15-2-1-12-5(15)3-10/h1-2,4H,11H2. The van der Waals surface area contributed by atoms with Crippen molar-refractivity contribution in [3.05, 3.63) is 29.7 Å². The molecule has 2 heterocycles. The third-order valence-corrected chi connectivity index (χ3v) is 2.08. The van der Waals surface area contributed by atoms with Gasteiger partial charge in [-0.05, 0) is 0 Å². The van der Waals surface area contributed by atoms with E-state index in [4.69, 9.17) is 22.6 Å². The van der Waals surface area contributed by atoms with Crippen molar-refractivity contribution in [2.24, 2.45) is 0 Å². The second-order valence-corrected chi connectivity index (χ2v) is 2.99. The Balaban J connectivity index is 2.65. The molecule has 0 unspecified atom stereocenters. The number of anilines is 1. The quantitative estimate of drug-likeness (QED) is 0.717. The maximum absolute atomic E-state index is 8.78. The van der Waals surface area contributed by atoms with E-state index in [0.717, 1.165) is 0 Å². The summed E-state index contributed by atoms with van der Waals surface area (Å²) in [5.41, 5.74) is 5.90. The molecule has 7 heteroatoms. The second kappa shape index (κ2) is 3.55. The molecule has 0 aliphatic rings. The molecule has 0 saturated carbocycles. The molecule has 74 valence electrons. The molecular formula is C8H5ClN6. The number of imidazole rings is 1. The van der Waals surface area contributed by atoms with Gasteiger partial charge in [0, 0.05) is 12.4 Å². The zero-order valence-corrected chi connectivity index (χ0v) is 8.18. The van der Waals surface area contributed by atoms with Crippen LogP contribution in [0.1, 0.15) is 5.82 Å². The van der Waals surface area contributed by atoms with Crippen molar-refractivity contribution in [3.8, 4) is 11.9 Å². The lowest BCUT2D eigenvalue weighted by Crippen LogP contribution is -2.05. The van der Waals surface area contributed by atoms with Gasteiger partial charge in [0.15, 0.2) is 11.0 Å². The Morgan fingerprint density at radius 1 is 1.40 bits per heavy atom. The van der Waals surface area contributed by atoms with Crippen molar-refractivity contribution in [1.29, 1.82) is 5.26 Å². The van der Waals surface area contributed by atoms with Gasteiger partial charge >= 0.3 is 0 Å². The smallest absolute Gasteiger partial charge is 0.218 e. The molecule has 0 amide bonds. The summed E-state index contributed by atoms with van der Waals surface area (Å²) < 4.78 is 1.45. The van der Waals surface area contributed by atoms with Gasteiger partial charge in [-0.3, -0.25) is 4.57 Å². The van der Waals surface area contributed by atoms with E-state index in [2.05, 4.69) is 15.0 Å². The van der Waals surface area contributed by atoms with Crippen LogP contribution in [0, 0.1) is 11.3 Å². The summed E-state index contributed by atoms with van der Waals surface area (Å²) in [5, 5.41) is 8.93. The molecular weight excluding hydrogens is 216 g/mol. The van der Waals surface area contributed by atoms with Crippen molar-refractivity contribution in [1.82, 2.24) is 19.5 Å². The zero-order chi connectivity index (χ0) is 10.8. The first-order valence-corrected chi connectivity index (χ1v) is 4.31. The lowest BCUT2D eigenvalue weighted by molar-refractivity contribution is 0.954. The summed E-state index contributed by atoms with van der Waals surface area (Å²) in [6.45, 7) is 0. The number of nitriles is 1. The van der Waals surface area contributed by atoms with Crippen LogP contribution in [0.25, 0.3) is 5.82 Å². The average Bonchev–Trinajstić information content (AvgIpc) is 2.70. The highest BCUT2D eigenvalue weighted by molar-refractivity contribution is 6.32. The largest absolute Gasteiger partial charge is 0.393 e. The van der Waals surface area contributed by atoms with Crippen molar-refractivity contribution in [3.63, 3.8) is 0 Å². The number of aromatic nitrogens is 4. The number of nitrogens with zero attached hydrogens (tertiary/aromatic N) is 5. The van der Waals surface area contributed by atoms with Crippen molar-refractivity contribution in [2.45, 2.75) is 0 Å².